The summed E-state index contributed by atoms with van der Waals surface area (Å²) >= 11 is 0. The topological polar surface area (TPSA) is 120 Å². The van der Waals surface area contributed by atoms with Crippen LogP contribution in [0.25, 0.3) is 5.95 Å². The molecule has 3 aromatic rings. The summed E-state index contributed by atoms with van der Waals surface area (Å²) in [5.74, 6) is 1.21. The molecule has 0 aliphatic carbocycles. The molecule has 0 aliphatic rings. The third-order valence-electron chi connectivity index (χ3n) is 4.58. The summed E-state index contributed by atoms with van der Waals surface area (Å²) in [6, 6.07) is 4.76. The first kappa shape index (κ1) is 20.9. The van der Waals surface area contributed by atoms with Crippen LogP contribution >= 0.6 is 0 Å². The molecule has 0 radical (unpaired) electrons. The van der Waals surface area contributed by atoms with E-state index in [0.717, 1.165) is 0 Å². The van der Waals surface area contributed by atoms with Crippen molar-refractivity contribution in [2.75, 3.05) is 26.6 Å². The van der Waals surface area contributed by atoms with E-state index in [9.17, 15) is 9.59 Å². The van der Waals surface area contributed by atoms with Crippen molar-refractivity contribution in [3.63, 3.8) is 0 Å². The zero-order valence-corrected chi connectivity index (χ0v) is 17.6. The molecule has 0 saturated carbocycles. The van der Waals surface area contributed by atoms with Crippen molar-refractivity contribution in [3.8, 4) is 23.2 Å². The number of carbonyl (C=O) groups is 1. The monoisotopic (exact) mass is 413 g/mol. The fourth-order valence-corrected chi connectivity index (χ4v) is 2.88. The van der Waals surface area contributed by atoms with Gasteiger partial charge in [-0.25, -0.2) is 4.98 Å². The molecule has 30 heavy (non-hydrogen) atoms. The molecule has 3 rings (SSSR count). The number of methoxy groups -OCH3 is 3. The number of hydrogen-bond donors (Lipinski definition) is 2. The van der Waals surface area contributed by atoms with Gasteiger partial charge >= 0.3 is 0 Å². The minimum absolute atomic E-state index is 0.205. The molecule has 1 amide bonds. The standard InChI is InChI=1S/C20H23N5O5/c1-10-7-16(25(24-10)20-21-12(3)11(2)18(26)23-20)22-19(27)13-8-14(28-4)17(30-6)15(9-13)29-5/h7-9H,1-6H3,(H,22,27)(H,21,23,26). The summed E-state index contributed by atoms with van der Waals surface area (Å²) in [4.78, 5) is 32.1. The predicted octanol–water partition coefficient (Wildman–Crippen LogP) is 2.16. The molecule has 0 unspecified atom stereocenters. The van der Waals surface area contributed by atoms with Crippen LogP contribution in [0, 0.1) is 20.8 Å². The van der Waals surface area contributed by atoms with Gasteiger partial charge in [0.2, 0.25) is 11.7 Å². The van der Waals surface area contributed by atoms with E-state index in [1.54, 1.807) is 39.0 Å². The lowest BCUT2D eigenvalue weighted by molar-refractivity contribution is 0.102. The Morgan fingerprint density at radius 1 is 1.03 bits per heavy atom. The van der Waals surface area contributed by atoms with E-state index in [-0.39, 0.29) is 17.1 Å². The van der Waals surface area contributed by atoms with Gasteiger partial charge in [0, 0.05) is 22.9 Å². The fourth-order valence-electron chi connectivity index (χ4n) is 2.88. The Labute approximate surface area is 172 Å². The maximum Gasteiger partial charge on any atom is 0.257 e. The van der Waals surface area contributed by atoms with Crippen molar-refractivity contribution in [3.05, 3.63) is 51.1 Å². The number of aromatic nitrogens is 4. The summed E-state index contributed by atoms with van der Waals surface area (Å²) < 4.78 is 17.3. The zero-order chi connectivity index (χ0) is 22.0. The zero-order valence-electron chi connectivity index (χ0n) is 17.6. The van der Waals surface area contributed by atoms with Gasteiger partial charge in [0.1, 0.15) is 5.82 Å². The summed E-state index contributed by atoms with van der Waals surface area (Å²) in [6.07, 6.45) is 0. The Morgan fingerprint density at radius 2 is 1.67 bits per heavy atom. The number of ether oxygens (including phenoxy) is 3. The molecule has 0 spiro atoms. The van der Waals surface area contributed by atoms with Crippen LogP contribution < -0.4 is 25.1 Å². The first-order chi connectivity index (χ1) is 14.3. The molecule has 0 aliphatic heterocycles. The number of benzene rings is 1. The Bertz CT molecular complexity index is 1140. The fraction of sp³-hybridized carbons (Fsp3) is 0.300. The van der Waals surface area contributed by atoms with Crippen molar-refractivity contribution in [2.45, 2.75) is 20.8 Å². The number of nitrogens with one attached hydrogen (secondary N) is 2. The van der Waals surface area contributed by atoms with Gasteiger partial charge < -0.3 is 19.5 Å². The van der Waals surface area contributed by atoms with E-state index in [1.807, 2.05) is 0 Å². The molecule has 2 heterocycles. The van der Waals surface area contributed by atoms with Gasteiger partial charge in [0.15, 0.2) is 11.5 Å². The van der Waals surface area contributed by atoms with Gasteiger partial charge in [0.05, 0.1) is 27.0 Å². The number of hydrogen-bond acceptors (Lipinski definition) is 7. The van der Waals surface area contributed by atoms with E-state index in [0.29, 0.717) is 40.0 Å². The largest absolute Gasteiger partial charge is 0.493 e. The number of rotatable bonds is 6. The summed E-state index contributed by atoms with van der Waals surface area (Å²) in [5.41, 5.74) is 1.74. The average Bonchev–Trinajstić information content (AvgIpc) is 3.10. The van der Waals surface area contributed by atoms with Crippen molar-refractivity contribution in [1.29, 1.82) is 0 Å². The number of nitrogens with zero attached hydrogens (tertiary/aromatic N) is 3. The second kappa shape index (κ2) is 8.27. The molecule has 2 N–H and O–H groups in total. The van der Waals surface area contributed by atoms with E-state index >= 15 is 0 Å². The lowest BCUT2D eigenvalue weighted by atomic mass is 10.1. The highest BCUT2D eigenvalue weighted by Crippen LogP contribution is 2.38. The van der Waals surface area contributed by atoms with Gasteiger partial charge in [-0.1, -0.05) is 0 Å². The molecule has 10 nitrogen and oxygen atoms in total. The van der Waals surface area contributed by atoms with Crippen LogP contribution in [0.5, 0.6) is 17.2 Å². The number of carbonyl (C=O) groups excluding carboxylic acids is 1. The Hall–Kier alpha value is -3.82. The van der Waals surface area contributed by atoms with Crippen LogP contribution in [0.4, 0.5) is 5.82 Å². The highest BCUT2D eigenvalue weighted by molar-refractivity contribution is 6.04. The average molecular weight is 413 g/mol. The molecule has 158 valence electrons. The number of aromatic amines is 1. The van der Waals surface area contributed by atoms with Gasteiger partial charge in [0.25, 0.3) is 11.5 Å². The lowest BCUT2D eigenvalue weighted by Crippen LogP contribution is -2.21. The van der Waals surface area contributed by atoms with Gasteiger partial charge in [-0.3, -0.25) is 14.6 Å². The van der Waals surface area contributed by atoms with E-state index < -0.39 is 5.91 Å². The van der Waals surface area contributed by atoms with Crippen LogP contribution in [-0.2, 0) is 0 Å². The summed E-state index contributed by atoms with van der Waals surface area (Å²) in [6.45, 7) is 5.19. The van der Waals surface area contributed by atoms with Crippen molar-refractivity contribution in [2.24, 2.45) is 0 Å². The van der Waals surface area contributed by atoms with Crippen molar-refractivity contribution >= 4 is 11.7 Å². The molecular formula is C20H23N5O5. The Kier molecular flexibility index (Phi) is 5.77. The SMILES string of the molecule is COc1cc(C(=O)Nc2cc(C)nn2-c2nc(C)c(C)c(=O)[nH]2)cc(OC)c1OC. The predicted molar refractivity (Wildman–Crippen MR) is 110 cm³/mol. The van der Waals surface area contributed by atoms with Crippen LogP contribution in [0.15, 0.2) is 23.0 Å². The maximum atomic E-state index is 12.9. The summed E-state index contributed by atoms with van der Waals surface area (Å²) in [5, 5.41) is 7.12. The van der Waals surface area contributed by atoms with E-state index in [4.69, 9.17) is 14.2 Å². The molecule has 10 heteroatoms. The second-order valence-electron chi connectivity index (χ2n) is 6.55. The van der Waals surface area contributed by atoms with Gasteiger partial charge in [-0.2, -0.15) is 9.78 Å². The molecule has 0 fully saturated rings. The van der Waals surface area contributed by atoms with Crippen LogP contribution in [0.3, 0.4) is 0 Å². The van der Waals surface area contributed by atoms with Crippen LogP contribution in [0.1, 0.15) is 27.3 Å². The number of aryl methyl sites for hydroxylation is 2. The third kappa shape index (κ3) is 3.84. The molecule has 0 atom stereocenters. The Morgan fingerprint density at radius 3 is 2.20 bits per heavy atom. The Balaban J connectivity index is 2.01. The number of H-pyrrole nitrogens is 1. The lowest BCUT2D eigenvalue weighted by Gasteiger charge is -2.14. The van der Waals surface area contributed by atoms with Crippen LogP contribution in [0.2, 0.25) is 0 Å². The van der Waals surface area contributed by atoms with Crippen LogP contribution in [-0.4, -0.2) is 47.0 Å². The van der Waals surface area contributed by atoms with E-state index in [2.05, 4.69) is 20.4 Å². The van der Waals surface area contributed by atoms with Crippen molar-refractivity contribution in [1.82, 2.24) is 19.7 Å². The molecule has 0 saturated heterocycles. The quantitative estimate of drug-likeness (QED) is 0.635. The maximum absolute atomic E-state index is 12.9. The minimum atomic E-state index is -0.429. The minimum Gasteiger partial charge on any atom is -0.493 e. The van der Waals surface area contributed by atoms with Gasteiger partial charge in [-0.05, 0) is 32.9 Å². The number of amides is 1. The molecule has 0 bridgehead atoms. The first-order valence-corrected chi connectivity index (χ1v) is 9.05. The highest BCUT2D eigenvalue weighted by atomic mass is 16.5. The normalized spacial score (nSPS) is 10.6. The number of anilines is 1. The van der Waals surface area contributed by atoms with Gasteiger partial charge in [-0.15, -0.1) is 0 Å². The third-order valence-corrected chi connectivity index (χ3v) is 4.58. The second-order valence-corrected chi connectivity index (χ2v) is 6.55. The smallest absolute Gasteiger partial charge is 0.257 e. The molecule has 2 aromatic heterocycles. The van der Waals surface area contributed by atoms with Crippen molar-refractivity contribution < 1.29 is 19.0 Å². The molecule has 1 aromatic carbocycles. The van der Waals surface area contributed by atoms with E-state index in [1.165, 1.54) is 26.0 Å². The molecular weight excluding hydrogens is 390 g/mol. The highest BCUT2D eigenvalue weighted by Gasteiger charge is 2.19. The summed E-state index contributed by atoms with van der Waals surface area (Å²) in [7, 11) is 4.43. The first-order valence-electron chi connectivity index (χ1n) is 9.05.